The van der Waals surface area contributed by atoms with Crippen molar-refractivity contribution >= 4 is 21.4 Å². The topological polar surface area (TPSA) is 63.7 Å². The van der Waals surface area contributed by atoms with E-state index in [0.717, 1.165) is 48.2 Å². The van der Waals surface area contributed by atoms with Gasteiger partial charge < -0.3 is 9.64 Å². The second-order valence-corrected chi connectivity index (χ2v) is 10.4. The quantitative estimate of drug-likeness (QED) is 0.689. The Morgan fingerprint density at radius 1 is 1.10 bits per heavy atom. The van der Waals surface area contributed by atoms with Crippen molar-refractivity contribution in [2.24, 2.45) is 0 Å². The number of ether oxygens (including phenoxy) is 1. The molecule has 6 heteroatoms. The van der Waals surface area contributed by atoms with Crippen molar-refractivity contribution < 1.29 is 17.9 Å². The monoisotopic (exact) mass is 427 g/mol. The average molecular weight is 428 g/mol. The second kappa shape index (κ2) is 8.80. The van der Waals surface area contributed by atoms with E-state index in [-0.39, 0.29) is 5.91 Å². The van der Waals surface area contributed by atoms with Crippen LogP contribution in [0.4, 0.5) is 5.69 Å². The molecule has 2 aromatic rings. The van der Waals surface area contributed by atoms with Gasteiger partial charge in [-0.25, -0.2) is 8.42 Å². The first-order valence-corrected chi connectivity index (χ1v) is 12.7. The van der Waals surface area contributed by atoms with Crippen LogP contribution in [0.25, 0.3) is 0 Å². The molecule has 0 aromatic heterocycles. The summed E-state index contributed by atoms with van der Waals surface area (Å²) >= 11 is 0. The minimum Gasteiger partial charge on any atom is -0.490 e. The van der Waals surface area contributed by atoms with E-state index in [1.807, 2.05) is 29.2 Å². The molecular weight excluding hydrogens is 398 g/mol. The summed E-state index contributed by atoms with van der Waals surface area (Å²) < 4.78 is 29.8. The van der Waals surface area contributed by atoms with Crippen LogP contribution >= 0.6 is 0 Å². The van der Waals surface area contributed by atoms with E-state index in [0.29, 0.717) is 30.4 Å². The van der Waals surface area contributed by atoms with Crippen molar-refractivity contribution in [2.75, 3.05) is 17.7 Å². The van der Waals surface area contributed by atoms with Crippen molar-refractivity contribution in [3.8, 4) is 5.75 Å². The molecule has 0 bridgehead atoms. The third kappa shape index (κ3) is 4.86. The van der Waals surface area contributed by atoms with Gasteiger partial charge in [0.1, 0.15) is 5.75 Å². The van der Waals surface area contributed by atoms with Gasteiger partial charge in [0.2, 0.25) is 5.91 Å². The number of hydrogen-bond donors (Lipinski definition) is 0. The normalized spacial score (nSPS) is 17.0. The number of amides is 1. The Labute approximate surface area is 179 Å². The Bertz CT molecular complexity index is 1030. The maximum atomic E-state index is 13.0. The first-order valence-electron chi connectivity index (χ1n) is 10.8. The molecule has 1 fully saturated rings. The summed E-state index contributed by atoms with van der Waals surface area (Å²) in [5.74, 6) is 0.966. The number of fused-ring (bicyclic) bond motifs is 1. The van der Waals surface area contributed by atoms with Crippen molar-refractivity contribution in [3.63, 3.8) is 0 Å². The molecule has 1 heterocycles. The Morgan fingerprint density at radius 2 is 1.90 bits per heavy atom. The van der Waals surface area contributed by atoms with Crippen molar-refractivity contribution in [2.45, 2.75) is 62.4 Å². The Balaban J connectivity index is 1.41. The van der Waals surface area contributed by atoms with E-state index in [4.69, 9.17) is 4.74 Å². The number of anilines is 1. The highest BCUT2D eigenvalue weighted by atomic mass is 32.2. The lowest BCUT2D eigenvalue weighted by Gasteiger charge is -2.30. The molecule has 2 aliphatic rings. The highest BCUT2D eigenvalue weighted by molar-refractivity contribution is 7.90. The number of carbonyl (C=O) groups excluding carboxylic acids is 1. The lowest BCUT2D eigenvalue weighted by Crippen LogP contribution is -2.35. The molecule has 30 heavy (non-hydrogen) atoms. The second-order valence-electron chi connectivity index (χ2n) is 8.38. The number of rotatable bonds is 6. The minimum absolute atomic E-state index is 0.0742. The van der Waals surface area contributed by atoms with Crippen molar-refractivity contribution in [3.05, 3.63) is 53.6 Å². The standard InChI is InChI=1S/C24H29NO4S/c1-30(27,28)22-12-13-23-19(17-22)7-5-15-25(23)24(26)14-11-18-6-4-10-21(16-18)29-20-8-2-3-9-20/h4,6,10,12-13,16-17,20H,2-3,5,7-9,11,14-15H2,1H3. The molecule has 160 valence electrons. The van der Waals surface area contributed by atoms with Crippen molar-refractivity contribution in [1.82, 2.24) is 0 Å². The molecule has 2 aromatic carbocycles. The number of nitrogens with zero attached hydrogens (tertiary/aromatic N) is 1. The van der Waals surface area contributed by atoms with Gasteiger partial charge in [-0.15, -0.1) is 0 Å². The molecule has 0 atom stereocenters. The van der Waals surface area contributed by atoms with E-state index < -0.39 is 9.84 Å². The molecule has 4 rings (SSSR count). The number of aryl methyl sites for hydroxylation is 2. The van der Waals surface area contributed by atoms with Crippen LogP contribution in [0.1, 0.15) is 49.7 Å². The van der Waals surface area contributed by atoms with Crippen LogP contribution in [0.3, 0.4) is 0 Å². The molecule has 0 saturated heterocycles. The fourth-order valence-electron chi connectivity index (χ4n) is 4.42. The summed E-state index contributed by atoms with van der Waals surface area (Å²) in [6, 6.07) is 13.2. The van der Waals surface area contributed by atoms with E-state index in [1.165, 1.54) is 19.1 Å². The lowest BCUT2D eigenvalue weighted by atomic mass is 10.0. The number of carbonyl (C=O) groups is 1. The lowest BCUT2D eigenvalue weighted by molar-refractivity contribution is -0.118. The first kappa shape index (κ1) is 20.9. The SMILES string of the molecule is CS(=O)(=O)c1ccc2c(c1)CCCN2C(=O)CCc1cccc(OC2CCCC2)c1. The van der Waals surface area contributed by atoms with Crippen LogP contribution in [0, 0.1) is 0 Å². The predicted octanol–water partition coefficient (Wildman–Crippen LogP) is 4.32. The molecule has 0 spiro atoms. The van der Waals surface area contributed by atoms with Gasteiger partial charge in [0.05, 0.1) is 11.0 Å². The molecular formula is C24H29NO4S. The van der Waals surface area contributed by atoms with E-state index >= 15 is 0 Å². The van der Waals surface area contributed by atoms with E-state index in [9.17, 15) is 13.2 Å². The zero-order chi connectivity index (χ0) is 21.1. The van der Waals surface area contributed by atoms with Crippen LogP contribution in [0.2, 0.25) is 0 Å². The van der Waals surface area contributed by atoms with Gasteiger partial charge in [0.15, 0.2) is 9.84 Å². The van der Waals surface area contributed by atoms with Gasteiger partial charge in [0, 0.05) is 24.9 Å². The fourth-order valence-corrected chi connectivity index (χ4v) is 5.09. The molecule has 0 unspecified atom stereocenters. The molecule has 0 radical (unpaired) electrons. The van der Waals surface area contributed by atoms with Crippen LogP contribution in [0.5, 0.6) is 5.75 Å². The zero-order valence-electron chi connectivity index (χ0n) is 17.5. The van der Waals surface area contributed by atoms with Crippen molar-refractivity contribution in [1.29, 1.82) is 0 Å². The number of benzene rings is 2. The van der Waals surface area contributed by atoms with Crippen LogP contribution in [0.15, 0.2) is 47.4 Å². The van der Waals surface area contributed by atoms with Gasteiger partial charge in [-0.05, 0) is 86.4 Å². The Hall–Kier alpha value is -2.34. The predicted molar refractivity (Wildman–Crippen MR) is 118 cm³/mol. The zero-order valence-corrected chi connectivity index (χ0v) is 18.3. The maximum absolute atomic E-state index is 13.0. The summed E-state index contributed by atoms with van der Waals surface area (Å²) in [5.41, 5.74) is 2.88. The van der Waals surface area contributed by atoms with Crippen LogP contribution < -0.4 is 9.64 Å². The number of sulfone groups is 1. The highest BCUT2D eigenvalue weighted by Crippen LogP contribution is 2.30. The van der Waals surface area contributed by atoms with Crippen LogP contribution in [-0.4, -0.2) is 33.2 Å². The highest BCUT2D eigenvalue weighted by Gasteiger charge is 2.24. The van der Waals surface area contributed by atoms with E-state index in [1.54, 1.807) is 18.2 Å². The Kier molecular flexibility index (Phi) is 6.14. The maximum Gasteiger partial charge on any atom is 0.227 e. The van der Waals surface area contributed by atoms with Gasteiger partial charge in [-0.1, -0.05) is 12.1 Å². The largest absolute Gasteiger partial charge is 0.490 e. The molecule has 1 aliphatic carbocycles. The fraction of sp³-hybridized carbons (Fsp3) is 0.458. The summed E-state index contributed by atoms with van der Waals surface area (Å²) in [6.07, 6.45) is 8.97. The summed E-state index contributed by atoms with van der Waals surface area (Å²) in [7, 11) is -3.25. The van der Waals surface area contributed by atoms with Gasteiger partial charge in [0.25, 0.3) is 0 Å². The van der Waals surface area contributed by atoms with E-state index in [2.05, 4.69) is 0 Å². The minimum atomic E-state index is -3.25. The summed E-state index contributed by atoms with van der Waals surface area (Å²) in [6.45, 7) is 0.675. The van der Waals surface area contributed by atoms with Crippen LogP contribution in [-0.2, 0) is 27.5 Å². The smallest absolute Gasteiger partial charge is 0.227 e. The first-order chi connectivity index (χ1) is 14.4. The molecule has 1 amide bonds. The Morgan fingerprint density at radius 3 is 2.67 bits per heavy atom. The summed E-state index contributed by atoms with van der Waals surface area (Å²) in [5, 5.41) is 0. The third-order valence-electron chi connectivity index (χ3n) is 6.03. The third-order valence-corrected chi connectivity index (χ3v) is 7.14. The molecule has 1 saturated carbocycles. The molecule has 1 aliphatic heterocycles. The van der Waals surface area contributed by atoms with Gasteiger partial charge in [-0.2, -0.15) is 0 Å². The molecule has 5 nitrogen and oxygen atoms in total. The van der Waals surface area contributed by atoms with Gasteiger partial charge >= 0.3 is 0 Å². The molecule has 0 N–H and O–H groups in total. The van der Waals surface area contributed by atoms with Gasteiger partial charge in [-0.3, -0.25) is 4.79 Å². The average Bonchev–Trinajstić information content (AvgIpc) is 3.24. The summed E-state index contributed by atoms with van der Waals surface area (Å²) in [4.78, 5) is 15.1. The number of hydrogen-bond acceptors (Lipinski definition) is 4.